The standard InChI is InChI=1S/C21H20N2O4/c1-13-8-4-5-9-15(13)20-23-18(14(2)27-20)12-19(24)22-17-11-7-6-10-16(17)21(25)26-3/h4-11H,12H2,1-3H3,(H,22,24). The number of para-hydroxylation sites is 1. The molecule has 6 nitrogen and oxygen atoms in total. The normalized spacial score (nSPS) is 10.5. The Morgan fingerprint density at radius 3 is 2.52 bits per heavy atom. The molecule has 1 N–H and O–H groups in total. The third kappa shape index (κ3) is 4.06. The molecular weight excluding hydrogens is 344 g/mol. The van der Waals surface area contributed by atoms with Crippen LogP contribution in [0.4, 0.5) is 5.69 Å². The number of rotatable bonds is 5. The monoisotopic (exact) mass is 364 g/mol. The van der Waals surface area contributed by atoms with E-state index >= 15 is 0 Å². The van der Waals surface area contributed by atoms with E-state index in [9.17, 15) is 9.59 Å². The number of ether oxygens (including phenoxy) is 1. The number of amides is 1. The van der Waals surface area contributed by atoms with Crippen molar-refractivity contribution in [3.63, 3.8) is 0 Å². The molecule has 0 aliphatic carbocycles. The van der Waals surface area contributed by atoms with Gasteiger partial charge in [0.1, 0.15) is 5.76 Å². The molecule has 2 aromatic carbocycles. The first-order valence-corrected chi connectivity index (χ1v) is 8.49. The minimum Gasteiger partial charge on any atom is -0.465 e. The molecule has 0 aliphatic rings. The molecule has 1 heterocycles. The molecule has 0 aliphatic heterocycles. The van der Waals surface area contributed by atoms with E-state index in [0.717, 1.165) is 11.1 Å². The number of hydrogen-bond acceptors (Lipinski definition) is 5. The van der Waals surface area contributed by atoms with Gasteiger partial charge in [0.2, 0.25) is 11.8 Å². The molecule has 0 saturated heterocycles. The molecule has 0 atom stereocenters. The molecule has 138 valence electrons. The zero-order valence-electron chi connectivity index (χ0n) is 15.4. The summed E-state index contributed by atoms with van der Waals surface area (Å²) in [4.78, 5) is 28.8. The van der Waals surface area contributed by atoms with Gasteiger partial charge in [-0.05, 0) is 37.6 Å². The van der Waals surface area contributed by atoms with E-state index in [1.807, 2.05) is 31.2 Å². The van der Waals surface area contributed by atoms with Gasteiger partial charge >= 0.3 is 5.97 Å². The Labute approximate surface area is 157 Å². The van der Waals surface area contributed by atoms with Crippen LogP contribution in [0.2, 0.25) is 0 Å². The number of hydrogen-bond donors (Lipinski definition) is 1. The van der Waals surface area contributed by atoms with Crippen LogP contribution < -0.4 is 5.32 Å². The van der Waals surface area contributed by atoms with Gasteiger partial charge in [0.25, 0.3) is 0 Å². The SMILES string of the molecule is COC(=O)c1ccccc1NC(=O)Cc1nc(-c2ccccc2C)oc1C. The largest absolute Gasteiger partial charge is 0.465 e. The Kier molecular flexibility index (Phi) is 5.35. The number of nitrogens with zero attached hydrogens (tertiary/aromatic N) is 1. The molecule has 0 fully saturated rings. The fourth-order valence-corrected chi connectivity index (χ4v) is 2.75. The van der Waals surface area contributed by atoms with E-state index in [4.69, 9.17) is 9.15 Å². The highest BCUT2D eigenvalue weighted by Crippen LogP contribution is 2.25. The van der Waals surface area contributed by atoms with E-state index in [0.29, 0.717) is 28.6 Å². The van der Waals surface area contributed by atoms with Gasteiger partial charge in [-0.1, -0.05) is 30.3 Å². The number of nitrogens with one attached hydrogen (secondary N) is 1. The molecule has 0 bridgehead atoms. The third-order valence-electron chi connectivity index (χ3n) is 4.20. The Balaban J connectivity index is 1.78. The maximum atomic E-state index is 12.5. The van der Waals surface area contributed by atoms with Crippen LogP contribution in [0.25, 0.3) is 11.5 Å². The van der Waals surface area contributed by atoms with Crippen LogP contribution in [-0.2, 0) is 16.0 Å². The van der Waals surface area contributed by atoms with Crippen LogP contribution in [0.3, 0.4) is 0 Å². The number of oxazole rings is 1. The topological polar surface area (TPSA) is 81.4 Å². The van der Waals surface area contributed by atoms with Crippen molar-refractivity contribution < 1.29 is 18.7 Å². The lowest BCUT2D eigenvalue weighted by Crippen LogP contribution is -2.17. The lowest BCUT2D eigenvalue weighted by Gasteiger charge is -2.09. The van der Waals surface area contributed by atoms with Crippen LogP contribution in [0.15, 0.2) is 52.9 Å². The quantitative estimate of drug-likeness (QED) is 0.694. The van der Waals surface area contributed by atoms with E-state index in [1.165, 1.54) is 7.11 Å². The van der Waals surface area contributed by atoms with Gasteiger partial charge in [-0.15, -0.1) is 0 Å². The number of benzene rings is 2. The highest BCUT2D eigenvalue weighted by atomic mass is 16.5. The predicted molar refractivity (Wildman–Crippen MR) is 102 cm³/mol. The van der Waals surface area contributed by atoms with Gasteiger partial charge in [-0.2, -0.15) is 0 Å². The molecule has 0 saturated carbocycles. The van der Waals surface area contributed by atoms with Crippen molar-refractivity contribution in [2.24, 2.45) is 0 Å². The highest BCUT2D eigenvalue weighted by Gasteiger charge is 2.18. The third-order valence-corrected chi connectivity index (χ3v) is 4.20. The molecule has 1 amide bonds. The van der Waals surface area contributed by atoms with Gasteiger partial charge in [0.05, 0.1) is 30.5 Å². The summed E-state index contributed by atoms with van der Waals surface area (Å²) in [6.07, 6.45) is 0.0384. The Morgan fingerprint density at radius 1 is 1.07 bits per heavy atom. The maximum Gasteiger partial charge on any atom is 0.339 e. The molecule has 3 aromatic rings. The molecule has 0 spiro atoms. The maximum absolute atomic E-state index is 12.5. The molecule has 0 radical (unpaired) electrons. The van der Waals surface area contributed by atoms with Crippen LogP contribution >= 0.6 is 0 Å². The summed E-state index contributed by atoms with van der Waals surface area (Å²) in [5.41, 5.74) is 3.19. The Hall–Kier alpha value is -3.41. The molecule has 0 unspecified atom stereocenters. The van der Waals surface area contributed by atoms with Gasteiger partial charge in [-0.25, -0.2) is 9.78 Å². The average molecular weight is 364 g/mol. The van der Waals surface area contributed by atoms with Gasteiger partial charge in [-0.3, -0.25) is 4.79 Å². The van der Waals surface area contributed by atoms with Crippen molar-refractivity contribution in [1.29, 1.82) is 0 Å². The van der Waals surface area contributed by atoms with Gasteiger partial charge in [0.15, 0.2) is 0 Å². The molecule has 3 rings (SSSR count). The van der Waals surface area contributed by atoms with Crippen molar-refractivity contribution in [2.45, 2.75) is 20.3 Å². The zero-order valence-corrected chi connectivity index (χ0v) is 15.4. The minimum atomic E-state index is -0.509. The summed E-state index contributed by atoms with van der Waals surface area (Å²) >= 11 is 0. The number of methoxy groups -OCH3 is 1. The summed E-state index contributed by atoms with van der Waals surface area (Å²) < 4.78 is 10.5. The predicted octanol–water partition coefficient (Wildman–Crippen LogP) is 3.93. The Bertz CT molecular complexity index is 991. The first kappa shape index (κ1) is 18.4. The van der Waals surface area contributed by atoms with E-state index in [1.54, 1.807) is 31.2 Å². The van der Waals surface area contributed by atoms with Crippen LogP contribution in [0.1, 0.15) is 27.4 Å². The molecule has 27 heavy (non-hydrogen) atoms. The summed E-state index contributed by atoms with van der Waals surface area (Å²) in [7, 11) is 1.30. The van der Waals surface area contributed by atoms with Crippen molar-refractivity contribution in [3.05, 3.63) is 71.1 Å². The summed E-state index contributed by atoms with van der Waals surface area (Å²) in [5.74, 6) is 0.275. The number of esters is 1. The first-order chi connectivity index (χ1) is 13.0. The van der Waals surface area contributed by atoms with Gasteiger partial charge in [0, 0.05) is 5.56 Å². The zero-order chi connectivity index (χ0) is 19.4. The highest BCUT2D eigenvalue weighted by molar-refractivity contribution is 6.01. The lowest BCUT2D eigenvalue weighted by molar-refractivity contribution is -0.115. The van der Waals surface area contributed by atoms with Crippen molar-refractivity contribution in [2.75, 3.05) is 12.4 Å². The fourth-order valence-electron chi connectivity index (χ4n) is 2.75. The van der Waals surface area contributed by atoms with Gasteiger partial charge < -0.3 is 14.5 Å². The Morgan fingerprint density at radius 2 is 1.78 bits per heavy atom. The van der Waals surface area contributed by atoms with E-state index in [2.05, 4.69) is 10.3 Å². The number of aryl methyl sites for hydroxylation is 2. The second-order valence-electron chi connectivity index (χ2n) is 6.10. The summed E-state index contributed by atoms with van der Waals surface area (Å²) in [6, 6.07) is 14.5. The van der Waals surface area contributed by atoms with Crippen LogP contribution in [0, 0.1) is 13.8 Å². The molecule has 6 heteroatoms. The van der Waals surface area contributed by atoms with Crippen molar-refractivity contribution >= 4 is 17.6 Å². The minimum absolute atomic E-state index is 0.0384. The smallest absolute Gasteiger partial charge is 0.339 e. The fraction of sp³-hybridized carbons (Fsp3) is 0.190. The van der Waals surface area contributed by atoms with Crippen LogP contribution in [0.5, 0.6) is 0 Å². The number of carbonyl (C=O) groups is 2. The molecular formula is C21H20N2O4. The summed E-state index contributed by atoms with van der Waals surface area (Å²) in [6.45, 7) is 3.75. The lowest BCUT2D eigenvalue weighted by atomic mass is 10.1. The number of carbonyl (C=O) groups excluding carboxylic acids is 2. The molecule has 1 aromatic heterocycles. The number of aromatic nitrogens is 1. The van der Waals surface area contributed by atoms with Crippen molar-refractivity contribution in [3.8, 4) is 11.5 Å². The first-order valence-electron chi connectivity index (χ1n) is 8.49. The summed E-state index contributed by atoms with van der Waals surface area (Å²) in [5, 5.41) is 2.74. The number of anilines is 1. The van der Waals surface area contributed by atoms with E-state index < -0.39 is 5.97 Å². The average Bonchev–Trinajstić information content (AvgIpc) is 3.02. The van der Waals surface area contributed by atoms with Crippen molar-refractivity contribution in [1.82, 2.24) is 4.98 Å². The van der Waals surface area contributed by atoms with E-state index in [-0.39, 0.29) is 12.3 Å². The second kappa shape index (κ2) is 7.86. The van der Waals surface area contributed by atoms with Crippen LogP contribution in [-0.4, -0.2) is 24.0 Å². The second-order valence-corrected chi connectivity index (χ2v) is 6.10.